The zero-order valence-electron chi connectivity index (χ0n) is 15.3. The lowest BCUT2D eigenvalue weighted by Crippen LogP contribution is -2.24. The summed E-state index contributed by atoms with van der Waals surface area (Å²) in [6, 6.07) is 11.8. The number of hydrogen-bond acceptors (Lipinski definition) is 5. The van der Waals surface area contributed by atoms with Gasteiger partial charge in [0.05, 0.1) is 17.4 Å². The fourth-order valence-electron chi connectivity index (χ4n) is 3.52. The Kier molecular flexibility index (Phi) is 4.05. The first-order valence-corrected chi connectivity index (χ1v) is 9.96. The van der Waals surface area contributed by atoms with E-state index in [9.17, 15) is 4.79 Å². The molecule has 7 nitrogen and oxygen atoms in total. The summed E-state index contributed by atoms with van der Waals surface area (Å²) in [4.78, 5) is 18.0. The van der Waals surface area contributed by atoms with Gasteiger partial charge >= 0.3 is 0 Å². The number of aryl methyl sites for hydroxylation is 1. The van der Waals surface area contributed by atoms with Gasteiger partial charge in [0, 0.05) is 30.2 Å². The van der Waals surface area contributed by atoms with Gasteiger partial charge in [0.25, 0.3) is 5.56 Å². The van der Waals surface area contributed by atoms with E-state index in [1.807, 2.05) is 47.9 Å². The average molecular weight is 390 g/mol. The van der Waals surface area contributed by atoms with Crippen molar-refractivity contribution >= 4 is 32.6 Å². The molecule has 5 aromatic rings. The molecule has 0 spiro atoms. The van der Waals surface area contributed by atoms with Gasteiger partial charge < -0.3 is 4.57 Å². The van der Waals surface area contributed by atoms with Crippen LogP contribution in [0.15, 0.2) is 53.6 Å². The van der Waals surface area contributed by atoms with Crippen LogP contribution in [0.2, 0.25) is 0 Å². The van der Waals surface area contributed by atoms with E-state index < -0.39 is 0 Å². The molecule has 0 fully saturated rings. The highest BCUT2D eigenvalue weighted by Crippen LogP contribution is 2.32. The molecule has 0 aliphatic carbocycles. The largest absolute Gasteiger partial charge is 0.320 e. The van der Waals surface area contributed by atoms with E-state index in [-0.39, 0.29) is 5.56 Å². The van der Waals surface area contributed by atoms with Crippen molar-refractivity contribution < 1.29 is 0 Å². The molecule has 8 heteroatoms. The molecule has 0 aliphatic heterocycles. The number of benzene rings is 1. The van der Waals surface area contributed by atoms with Crippen molar-refractivity contribution in [3.63, 3.8) is 0 Å². The summed E-state index contributed by atoms with van der Waals surface area (Å²) in [6.07, 6.45) is 4.23. The normalized spacial score (nSPS) is 11.6. The molecule has 4 heterocycles. The molecule has 140 valence electrons. The lowest BCUT2D eigenvalue weighted by Gasteiger charge is -2.06. The van der Waals surface area contributed by atoms with Gasteiger partial charge in [0.15, 0.2) is 5.65 Å². The Labute approximate surface area is 164 Å². The van der Waals surface area contributed by atoms with Crippen LogP contribution in [0.25, 0.3) is 21.3 Å². The molecule has 0 aliphatic rings. The molecule has 0 radical (unpaired) electrons. The number of nitrogens with one attached hydrogen (secondary N) is 1. The van der Waals surface area contributed by atoms with Gasteiger partial charge in [-0.05, 0) is 18.6 Å². The number of thiazole rings is 1. The van der Waals surface area contributed by atoms with Crippen LogP contribution in [-0.4, -0.2) is 29.5 Å². The first kappa shape index (κ1) is 16.9. The van der Waals surface area contributed by atoms with E-state index in [1.54, 1.807) is 23.7 Å². The zero-order chi connectivity index (χ0) is 19.1. The van der Waals surface area contributed by atoms with Gasteiger partial charge in [0.1, 0.15) is 10.5 Å². The van der Waals surface area contributed by atoms with Crippen molar-refractivity contribution in [1.82, 2.24) is 29.5 Å². The van der Waals surface area contributed by atoms with Crippen molar-refractivity contribution in [2.75, 3.05) is 0 Å². The third-order valence-electron chi connectivity index (χ3n) is 4.83. The minimum Gasteiger partial charge on any atom is -0.320 e. The number of hydrogen-bond donors (Lipinski definition) is 1. The van der Waals surface area contributed by atoms with Crippen molar-refractivity contribution in [2.24, 2.45) is 0 Å². The summed E-state index contributed by atoms with van der Waals surface area (Å²) in [5, 5.41) is 13.3. The fourth-order valence-corrected chi connectivity index (χ4v) is 4.63. The van der Waals surface area contributed by atoms with Gasteiger partial charge in [-0.1, -0.05) is 30.3 Å². The Hall–Kier alpha value is -3.26. The van der Waals surface area contributed by atoms with E-state index in [0.29, 0.717) is 25.0 Å². The van der Waals surface area contributed by atoms with E-state index in [0.717, 1.165) is 32.0 Å². The van der Waals surface area contributed by atoms with Crippen LogP contribution >= 0.6 is 11.3 Å². The highest BCUT2D eigenvalue weighted by Gasteiger charge is 2.19. The Balaban J connectivity index is 1.63. The van der Waals surface area contributed by atoms with Crippen molar-refractivity contribution in [3.05, 3.63) is 75.4 Å². The Bertz CT molecular complexity index is 1310. The molecule has 0 saturated heterocycles. The van der Waals surface area contributed by atoms with Crippen LogP contribution < -0.4 is 5.56 Å². The van der Waals surface area contributed by atoms with E-state index in [4.69, 9.17) is 4.98 Å². The smallest absolute Gasteiger partial charge is 0.291 e. The number of nitrogens with zero attached hydrogens (tertiary/aromatic N) is 5. The van der Waals surface area contributed by atoms with Gasteiger partial charge in [-0.15, -0.1) is 11.3 Å². The summed E-state index contributed by atoms with van der Waals surface area (Å²) in [6.45, 7) is 3.17. The predicted octanol–water partition coefficient (Wildman–Crippen LogP) is 3.19. The highest BCUT2D eigenvalue weighted by molar-refractivity contribution is 7.19. The number of rotatable bonds is 5. The van der Waals surface area contributed by atoms with Crippen LogP contribution in [0.4, 0.5) is 0 Å². The van der Waals surface area contributed by atoms with Crippen LogP contribution in [0, 0.1) is 0 Å². The number of aromatic amines is 1. The molecule has 1 N–H and O–H groups in total. The molecule has 5 rings (SSSR count). The zero-order valence-corrected chi connectivity index (χ0v) is 16.1. The summed E-state index contributed by atoms with van der Waals surface area (Å²) < 4.78 is 4.55. The lowest BCUT2D eigenvalue weighted by atomic mass is 10.2. The Morgan fingerprint density at radius 1 is 1.18 bits per heavy atom. The monoisotopic (exact) mass is 390 g/mol. The molecule has 0 saturated carbocycles. The van der Waals surface area contributed by atoms with Gasteiger partial charge in [-0.25, -0.2) is 9.67 Å². The molecule has 1 aromatic carbocycles. The molecule has 28 heavy (non-hydrogen) atoms. The van der Waals surface area contributed by atoms with Crippen molar-refractivity contribution in [2.45, 2.75) is 26.4 Å². The second-order valence-corrected chi connectivity index (χ2v) is 7.70. The topological polar surface area (TPSA) is 81.4 Å². The summed E-state index contributed by atoms with van der Waals surface area (Å²) in [5.41, 5.74) is 3.52. The third-order valence-corrected chi connectivity index (χ3v) is 5.91. The minimum atomic E-state index is -0.0801. The predicted molar refractivity (Wildman–Crippen MR) is 110 cm³/mol. The Morgan fingerprint density at radius 3 is 2.79 bits per heavy atom. The van der Waals surface area contributed by atoms with E-state index >= 15 is 0 Å². The standard InChI is InChI=1S/C20H18N6OS/c1-2-25-17-15(11-22-26(20(17)27)12-13-6-4-3-5-7-13)18-19(25)23-16(28-18)10-14-8-9-21-24-14/h3-9,11H,2,10,12H2,1H3,(H,21,24). The second-order valence-electron chi connectivity index (χ2n) is 6.62. The first-order valence-electron chi connectivity index (χ1n) is 9.14. The van der Waals surface area contributed by atoms with Crippen LogP contribution in [-0.2, 0) is 19.5 Å². The van der Waals surface area contributed by atoms with Crippen LogP contribution in [0.1, 0.15) is 23.2 Å². The van der Waals surface area contributed by atoms with E-state index in [1.165, 1.54) is 4.68 Å². The number of H-pyrrole nitrogens is 1. The molecule has 0 bridgehead atoms. The van der Waals surface area contributed by atoms with Gasteiger partial charge in [-0.3, -0.25) is 9.89 Å². The lowest BCUT2D eigenvalue weighted by molar-refractivity contribution is 0.641. The van der Waals surface area contributed by atoms with Crippen molar-refractivity contribution in [1.29, 1.82) is 0 Å². The van der Waals surface area contributed by atoms with Gasteiger partial charge in [-0.2, -0.15) is 10.2 Å². The summed E-state index contributed by atoms with van der Waals surface area (Å²) in [5.74, 6) is 0. The first-order chi connectivity index (χ1) is 13.7. The molecule has 0 amide bonds. The van der Waals surface area contributed by atoms with Crippen molar-refractivity contribution in [3.8, 4) is 0 Å². The summed E-state index contributed by atoms with van der Waals surface area (Å²) >= 11 is 1.61. The molecular formula is C20H18N6OS. The van der Waals surface area contributed by atoms with E-state index in [2.05, 4.69) is 15.3 Å². The molecule has 0 atom stereocenters. The van der Waals surface area contributed by atoms with Crippen LogP contribution in [0.3, 0.4) is 0 Å². The maximum Gasteiger partial charge on any atom is 0.291 e. The fraction of sp³-hybridized carbons (Fsp3) is 0.200. The SMILES string of the molecule is CCn1c2nc(Cc3ccn[nH]3)sc2c2cnn(Cc3ccccc3)c(=O)c21. The number of aromatic nitrogens is 6. The molecular weight excluding hydrogens is 372 g/mol. The quantitative estimate of drug-likeness (QED) is 0.500. The molecule has 4 aromatic heterocycles. The van der Waals surface area contributed by atoms with Gasteiger partial charge in [0.2, 0.25) is 0 Å². The highest BCUT2D eigenvalue weighted by atomic mass is 32.1. The minimum absolute atomic E-state index is 0.0801. The maximum absolute atomic E-state index is 13.2. The maximum atomic E-state index is 13.2. The Morgan fingerprint density at radius 2 is 2.04 bits per heavy atom. The number of fused-ring (bicyclic) bond motifs is 3. The summed E-state index contributed by atoms with van der Waals surface area (Å²) in [7, 11) is 0. The van der Waals surface area contributed by atoms with Crippen LogP contribution in [0.5, 0.6) is 0 Å². The average Bonchev–Trinajstić information content (AvgIpc) is 3.42. The third kappa shape index (κ3) is 2.73. The second kappa shape index (κ2) is 6.72. The molecule has 0 unspecified atom stereocenters.